The zero-order chi connectivity index (χ0) is 21.4. The highest BCUT2D eigenvalue weighted by atomic mass is 16.6. The molecule has 0 amide bonds. The molecule has 1 aromatic heterocycles. The van der Waals surface area contributed by atoms with Crippen molar-refractivity contribution in [3.63, 3.8) is 0 Å². The fourth-order valence-corrected chi connectivity index (χ4v) is 4.47. The summed E-state index contributed by atoms with van der Waals surface area (Å²) in [6.07, 6.45) is 2.75. The maximum atomic E-state index is 11.4. The van der Waals surface area contributed by atoms with Gasteiger partial charge < -0.3 is 18.9 Å². The molecule has 0 spiro atoms. The number of hydrogen-bond donors (Lipinski definition) is 0. The quantitative estimate of drug-likeness (QED) is 0.430. The van der Waals surface area contributed by atoms with Crippen molar-refractivity contribution in [3.8, 4) is 22.8 Å². The third-order valence-corrected chi connectivity index (χ3v) is 5.86. The van der Waals surface area contributed by atoms with Gasteiger partial charge in [-0.05, 0) is 69.2 Å². The van der Waals surface area contributed by atoms with Crippen molar-refractivity contribution >= 4 is 16.6 Å². The molecule has 3 aromatic rings. The smallest absolute Gasteiger partial charge is 0.271 e. The van der Waals surface area contributed by atoms with Crippen LogP contribution in [0.5, 0.6) is 11.5 Å². The number of rotatable bonds is 7. The van der Waals surface area contributed by atoms with E-state index in [1.807, 2.05) is 12.1 Å². The van der Waals surface area contributed by atoms with Crippen LogP contribution in [0.2, 0.25) is 0 Å². The fourth-order valence-electron chi connectivity index (χ4n) is 4.47. The molecule has 0 N–H and O–H groups in total. The molecular weight excluding hydrogens is 382 g/mol. The van der Waals surface area contributed by atoms with E-state index in [1.54, 1.807) is 26.4 Å². The van der Waals surface area contributed by atoms with E-state index < -0.39 is 0 Å². The summed E-state index contributed by atoms with van der Waals surface area (Å²) in [7, 11) is 7.40. The lowest BCUT2D eigenvalue weighted by atomic mass is 9.88. The number of nitro benzene ring substituents is 1. The van der Waals surface area contributed by atoms with Gasteiger partial charge in [-0.3, -0.25) is 10.1 Å². The number of nitro groups is 1. The maximum Gasteiger partial charge on any atom is 0.271 e. The van der Waals surface area contributed by atoms with Gasteiger partial charge in [-0.15, -0.1) is 0 Å². The summed E-state index contributed by atoms with van der Waals surface area (Å²) >= 11 is 0. The predicted octanol–water partition coefficient (Wildman–Crippen LogP) is 4.28. The molecule has 0 saturated heterocycles. The van der Waals surface area contributed by atoms with E-state index in [1.165, 1.54) is 11.1 Å². The summed E-state index contributed by atoms with van der Waals surface area (Å²) in [4.78, 5) is 13.2. The maximum absolute atomic E-state index is 11.4. The molecule has 0 fully saturated rings. The SMILES string of the molecule is COc1cc2c(cc1OC)-c1c(c3ccc([N+](=O)[O-])cc3n1CCCN(C)C)CC2. The van der Waals surface area contributed by atoms with Gasteiger partial charge in [0.1, 0.15) is 0 Å². The van der Waals surface area contributed by atoms with E-state index in [0.29, 0.717) is 5.75 Å². The van der Waals surface area contributed by atoms with Gasteiger partial charge in [0.2, 0.25) is 0 Å². The number of aryl methyl sites for hydroxylation is 3. The molecular formula is C23H27N3O4. The second-order valence-corrected chi connectivity index (χ2v) is 7.96. The average molecular weight is 409 g/mol. The molecule has 7 heteroatoms. The van der Waals surface area contributed by atoms with Crippen LogP contribution in [-0.4, -0.2) is 49.3 Å². The Morgan fingerprint density at radius 2 is 1.83 bits per heavy atom. The largest absolute Gasteiger partial charge is 0.493 e. The van der Waals surface area contributed by atoms with E-state index in [-0.39, 0.29) is 10.6 Å². The van der Waals surface area contributed by atoms with E-state index in [0.717, 1.165) is 60.3 Å². The molecule has 1 aliphatic rings. The first kappa shape index (κ1) is 20.2. The number of hydrogen-bond acceptors (Lipinski definition) is 5. The highest BCUT2D eigenvalue weighted by Crippen LogP contribution is 2.44. The minimum atomic E-state index is -0.322. The highest BCUT2D eigenvalue weighted by Gasteiger charge is 2.27. The molecule has 4 rings (SSSR count). The molecule has 2 aromatic carbocycles. The molecule has 1 aliphatic carbocycles. The van der Waals surface area contributed by atoms with Crippen molar-refractivity contribution in [2.45, 2.75) is 25.8 Å². The number of nitrogens with zero attached hydrogens (tertiary/aromatic N) is 3. The third-order valence-electron chi connectivity index (χ3n) is 5.86. The van der Waals surface area contributed by atoms with E-state index in [2.05, 4.69) is 29.6 Å². The van der Waals surface area contributed by atoms with Crippen molar-refractivity contribution in [2.75, 3.05) is 34.9 Å². The summed E-state index contributed by atoms with van der Waals surface area (Å²) in [5.41, 5.74) is 5.79. The lowest BCUT2D eigenvalue weighted by Crippen LogP contribution is -2.16. The first-order chi connectivity index (χ1) is 14.4. The normalized spacial score (nSPS) is 12.7. The Balaban J connectivity index is 1.95. The summed E-state index contributed by atoms with van der Waals surface area (Å²) in [6.45, 7) is 1.74. The summed E-state index contributed by atoms with van der Waals surface area (Å²) in [5, 5.41) is 12.5. The number of ether oxygens (including phenoxy) is 2. The molecule has 0 saturated carbocycles. The Kier molecular flexibility index (Phi) is 5.39. The van der Waals surface area contributed by atoms with Gasteiger partial charge in [-0.2, -0.15) is 0 Å². The van der Waals surface area contributed by atoms with Gasteiger partial charge >= 0.3 is 0 Å². The monoisotopic (exact) mass is 409 g/mol. The van der Waals surface area contributed by atoms with Crippen molar-refractivity contribution in [3.05, 3.63) is 51.6 Å². The van der Waals surface area contributed by atoms with Crippen LogP contribution in [0, 0.1) is 10.1 Å². The van der Waals surface area contributed by atoms with Crippen LogP contribution in [0.4, 0.5) is 5.69 Å². The molecule has 0 radical (unpaired) electrons. The number of benzene rings is 2. The van der Waals surface area contributed by atoms with Crippen molar-refractivity contribution in [2.24, 2.45) is 0 Å². The van der Waals surface area contributed by atoms with Gasteiger partial charge in [-0.25, -0.2) is 0 Å². The summed E-state index contributed by atoms with van der Waals surface area (Å²) < 4.78 is 13.3. The second-order valence-electron chi connectivity index (χ2n) is 7.96. The zero-order valence-corrected chi connectivity index (χ0v) is 17.9. The zero-order valence-electron chi connectivity index (χ0n) is 17.9. The Labute approximate surface area is 176 Å². The first-order valence-corrected chi connectivity index (χ1v) is 10.1. The molecule has 0 unspecified atom stereocenters. The van der Waals surface area contributed by atoms with Crippen molar-refractivity contribution < 1.29 is 14.4 Å². The molecule has 0 aliphatic heterocycles. The van der Waals surface area contributed by atoms with Crippen molar-refractivity contribution in [1.82, 2.24) is 9.47 Å². The number of aromatic nitrogens is 1. The van der Waals surface area contributed by atoms with Crippen LogP contribution in [0.1, 0.15) is 17.5 Å². The van der Waals surface area contributed by atoms with Gasteiger partial charge in [0.05, 0.1) is 30.4 Å². The molecule has 158 valence electrons. The Bertz CT molecular complexity index is 1120. The standard InChI is InChI=1S/C23H27N3O4/c1-24(2)10-5-11-25-20-13-16(26(27)28)7-9-17(20)18-8-6-15-12-21(29-3)22(30-4)14-19(15)23(18)25/h7,9,12-14H,5-6,8,10-11H2,1-4H3. The van der Waals surface area contributed by atoms with E-state index in [9.17, 15) is 10.1 Å². The Morgan fingerprint density at radius 3 is 2.50 bits per heavy atom. The van der Waals surface area contributed by atoms with Gasteiger partial charge in [-0.1, -0.05) is 0 Å². The van der Waals surface area contributed by atoms with Crippen LogP contribution in [0.15, 0.2) is 30.3 Å². The van der Waals surface area contributed by atoms with Crippen LogP contribution in [-0.2, 0) is 19.4 Å². The second kappa shape index (κ2) is 7.99. The molecule has 0 atom stereocenters. The van der Waals surface area contributed by atoms with Gasteiger partial charge in [0.15, 0.2) is 11.5 Å². The fraction of sp³-hybridized carbons (Fsp3) is 0.391. The average Bonchev–Trinajstić information content (AvgIpc) is 3.05. The van der Waals surface area contributed by atoms with E-state index in [4.69, 9.17) is 9.47 Å². The Hall–Kier alpha value is -3.06. The molecule has 7 nitrogen and oxygen atoms in total. The van der Waals surface area contributed by atoms with Crippen LogP contribution < -0.4 is 9.47 Å². The van der Waals surface area contributed by atoms with Crippen LogP contribution >= 0.6 is 0 Å². The highest BCUT2D eigenvalue weighted by molar-refractivity contribution is 5.95. The topological polar surface area (TPSA) is 69.8 Å². The van der Waals surface area contributed by atoms with Gasteiger partial charge in [0, 0.05) is 29.6 Å². The van der Waals surface area contributed by atoms with Crippen LogP contribution in [0.3, 0.4) is 0 Å². The first-order valence-electron chi connectivity index (χ1n) is 10.1. The third kappa shape index (κ3) is 3.39. The minimum Gasteiger partial charge on any atom is -0.493 e. The van der Waals surface area contributed by atoms with Crippen LogP contribution in [0.25, 0.3) is 22.2 Å². The molecule has 1 heterocycles. The number of fused-ring (bicyclic) bond motifs is 5. The van der Waals surface area contributed by atoms with E-state index >= 15 is 0 Å². The molecule has 30 heavy (non-hydrogen) atoms. The number of methoxy groups -OCH3 is 2. The number of non-ortho nitro benzene ring substituents is 1. The summed E-state index contributed by atoms with van der Waals surface area (Å²) in [6, 6.07) is 9.32. The van der Waals surface area contributed by atoms with Gasteiger partial charge in [0.25, 0.3) is 5.69 Å². The van der Waals surface area contributed by atoms with Crippen molar-refractivity contribution in [1.29, 1.82) is 0 Å². The lowest BCUT2D eigenvalue weighted by molar-refractivity contribution is -0.384. The predicted molar refractivity (Wildman–Crippen MR) is 118 cm³/mol. The lowest BCUT2D eigenvalue weighted by Gasteiger charge is -2.22. The summed E-state index contributed by atoms with van der Waals surface area (Å²) in [5.74, 6) is 1.42. The molecule has 0 bridgehead atoms. The minimum absolute atomic E-state index is 0.124. The Morgan fingerprint density at radius 1 is 1.10 bits per heavy atom.